The van der Waals surface area contributed by atoms with E-state index >= 15 is 0 Å². The minimum absolute atomic E-state index is 0.145. The van der Waals surface area contributed by atoms with E-state index in [-0.39, 0.29) is 17.1 Å². The number of benzene rings is 1. The van der Waals surface area contributed by atoms with Gasteiger partial charge in [-0.05, 0) is 79.5 Å². The van der Waals surface area contributed by atoms with Crippen LogP contribution in [0.1, 0.15) is 56.1 Å². The van der Waals surface area contributed by atoms with Gasteiger partial charge in [0.05, 0.1) is 7.11 Å². The molecule has 1 aromatic carbocycles. The molecular formula is C22H28O3. The molecular weight excluding hydrogens is 312 g/mol. The molecule has 3 aliphatic carbocycles. The van der Waals surface area contributed by atoms with E-state index in [2.05, 4.69) is 13.5 Å². The number of ether oxygens (including phenoxy) is 1. The number of carbonyl (C=O) groups is 1. The van der Waals surface area contributed by atoms with Gasteiger partial charge in [0, 0.05) is 11.3 Å². The van der Waals surface area contributed by atoms with E-state index in [1.165, 1.54) is 11.1 Å². The average molecular weight is 340 g/mol. The average Bonchev–Trinajstić information content (AvgIpc) is 2.86. The molecule has 134 valence electrons. The number of hydrogen-bond acceptors (Lipinski definition) is 3. The van der Waals surface area contributed by atoms with Crippen molar-refractivity contribution in [2.75, 3.05) is 7.11 Å². The molecule has 1 N–H and O–H groups in total. The molecule has 2 saturated carbocycles. The number of ketones is 1. The number of carbonyl (C=O) groups excluding carboxylic acids is 1. The van der Waals surface area contributed by atoms with Gasteiger partial charge in [-0.15, -0.1) is 6.58 Å². The number of rotatable bonds is 3. The van der Waals surface area contributed by atoms with Crippen LogP contribution in [0.2, 0.25) is 0 Å². The first-order chi connectivity index (χ1) is 12.0. The van der Waals surface area contributed by atoms with Gasteiger partial charge in [-0.3, -0.25) is 4.79 Å². The van der Waals surface area contributed by atoms with Crippen molar-refractivity contribution < 1.29 is 14.6 Å². The molecule has 3 heteroatoms. The predicted molar refractivity (Wildman–Crippen MR) is 98.0 cm³/mol. The van der Waals surface area contributed by atoms with Crippen molar-refractivity contribution in [2.24, 2.45) is 23.2 Å². The number of allylic oxidation sites excluding steroid dienone is 1. The summed E-state index contributed by atoms with van der Waals surface area (Å²) in [5.74, 6) is 3.00. The highest BCUT2D eigenvalue weighted by Gasteiger charge is 2.57. The molecule has 0 aliphatic heterocycles. The number of aryl methyl sites for hydroxylation is 1. The quantitative estimate of drug-likeness (QED) is 0.816. The van der Waals surface area contributed by atoms with Crippen LogP contribution in [0.4, 0.5) is 0 Å². The van der Waals surface area contributed by atoms with E-state index in [1.54, 1.807) is 7.11 Å². The number of phenolic OH excluding ortho intramolecular Hbond substituents is 1. The molecule has 0 heterocycles. The highest BCUT2D eigenvalue weighted by molar-refractivity contribution is 5.89. The van der Waals surface area contributed by atoms with Crippen LogP contribution in [-0.4, -0.2) is 18.0 Å². The van der Waals surface area contributed by atoms with Crippen LogP contribution in [0.5, 0.6) is 11.5 Å². The van der Waals surface area contributed by atoms with Gasteiger partial charge in [0.2, 0.25) is 0 Å². The summed E-state index contributed by atoms with van der Waals surface area (Å²) >= 11 is 0. The van der Waals surface area contributed by atoms with E-state index in [4.69, 9.17) is 4.74 Å². The standard InChI is InChI=1S/C22H28O3/c1-4-5-14-10-18-16-7-6-13-11-19(23)20(25-3)12-17(13)15(16)8-9-22(18,2)21(14)24/h4,11-12,14-16,18,23H,1,5-10H2,2-3H3/t14?,15-,16+,18-,22-/m0/s1. The molecule has 0 radical (unpaired) electrons. The topological polar surface area (TPSA) is 46.5 Å². The largest absolute Gasteiger partial charge is 0.504 e. The number of fused-ring (bicyclic) bond motifs is 5. The molecule has 5 atom stereocenters. The van der Waals surface area contributed by atoms with E-state index < -0.39 is 0 Å². The van der Waals surface area contributed by atoms with Gasteiger partial charge in [-0.2, -0.15) is 0 Å². The smallest absolute Gasteiger partial charge is 0.160 e. The Morgan fingerprint density at radius 2 is 2.20 bits per heavy atom. The van der Waals surface area contributed by atoms with Crippen LogP contribution in [-0.2, 0) is 11.2 Å². The lowest BCUT2D eigenvalue weighted by molar-refractivity contribution is -0.131. The van der Waals surface area contributed by atoms with Crippen molar-refractivity contribution >= 4 is 5.78 Å². The normalized spacial score (nSPS) is 36.3. The van der Waals surface area contributed by atoms with E-state index in [0.717, 1.165) is 38.5 Å². The number of methoxy groups -OCH3 is 1. The van der Waals surface area contributed by atoms with Crippen molar-refractivity contribution in [3.05, 3.63) is 35.9 Å². The summed E-state index contributed by atoms with van der Waals surface area (Å²) < 4.78 is 5.35. The summed E-state index contributed by atoms with van der Waals surface area (Å²) in [5.41, 5.74) is 2.45. The maximum Gasteiger partial charge on any atom is 0.160 e. The van der Waals surface area contributed by atoms with E-state index in [0.29, 0.717) is 29.3 Å². The Morgan fingerprint density at radius 3 is 2.92 bits per heavy atom. The fourth-order valence-electron chi connectivity index (χ4n) is 6.10. The number of Topliss-reactive ketones (excluding diaryl/α,β-unsaturated/α-hetero) is 1. The first-order valence-corrected chi connectivity index (χ1v) is 9.54. The van der Waals surface area contributed by atoms with Crippen LogP contribution >= 0.6 is 0 Å². The monoisotopic (exact) mass is 340 g/mol. The summed E-state index contributed by atoms with van der Waals surface area (Å²) in [5, 5.41) is 10.1. The van der Waals surface area contributed by atoms with Crippen LogP contribution in [0, 0.1) is 23.2 Å². The van der Waals surface area contributed by atoms with Crippen molar-refractivity contribution in [1.29, 1.82) is 0 Å². The SMILES string of the molecule is C=CCC1C[C@H]2[C@@H]3CCc4cc(O)c(OC)cc4[C@H]3CC[C@]2(C)C1=O. The van der Waals surface area contributed by atoms with Crippen LogP contribution < -0.4 is 4.74 Å². The van der Waals surface area contributed by atoms with E-state index in [9.17, 15) is 9.90 Å². The zero-order valence-electron chi connectivity index (χ0n) is 15.3. The van der Waals surface area contributed by atoms with Crippen molar-refractivity contribution in [3.8, 4) is 11.5 Å². The van der Waals surface area contributed by atoms with Gasteiger partial charge >= 0.3 is 0 Å². The minimum atomic E-state index is -0.145. The summed E-state index contributed by atoms with van der Waals surface area (Å²) in [6.45, 7) is 6.06. The Hall–Kier alpha value is -1.77. The number of aromatic hydroxyl groups is 1. The van der Waals surface area contributed by atoms with Crippen molar-refractivity contribution in [3.63, 3.8) is 0 Å². The second kappa shape index (κ2) is 5.89. The first kappa shape index (κ1) is 16.7. The first-order valence-electron chi connectivity index (χ1n) is 9.54. The third-order valence-electron chi connectivity index (χ3n) is 7.34. The Kier molecular flexibility index (Phi) is 3.93. The van der Waals surface area contributed by atoms with Crippen molar-refractivity contribution in [1.82, 2.24) is 0 Å². The third kappa shape index (κ3) is 2.35. The lowest BCUT2D eigenvalue weighted by Gasteiger charge is -2.48. The molecule has 0 bridgehead atoms. The molecule has 0 saturated heterocycles. The fraction of sp³-hybridized carbons (Fsp3) is 0.591. The van der Waals surface area contributed by atoms with Gasteiger partial charge in [-0.25, -0.2) is 0 Å². The summed E-state index contributed by atoms with van der Waals surface area (Å²) in [6.07, 6.45) is 7.90. The summed E-state index contributed by atoms with van der Waals surface area (Å²) in [4.78, 5) is 13.0. The lowest BCUT2D eigenvalue weighted by Crippen LogP contribution is -2.42. The molecule has 3 nitrogen and oxygen atoms in total. The number of hydrogen-bond donors (Lipinski definition) is 1. The zero-order valence-corrected chi connectivity index (χ0v) is 15.3. The minimum Gasteiger partial charge on any atom is -0.504 e. The Morgan fingerprint density at radius 1 is 1.40 bits per heavy atom. The summed E-state index contributed by atoms with van der Waals surface area (Å²) in [7, 11) is 1.61. The molecule has 2 fully saturated rings. The Bertz CT molecular complexity index is 722. The molecule has 0 amide bonds. The molecule has 1 unspecified atom stereocenters. The maximum atomic E-state index is 13.0. The third-order valence-corrected chi connectivity index (χ3v) is 7.34. The molecule has 4 rings (SSSR count). The Labute approximate surface area is 150 Å². The van der Waals surface area contributed by atoms with Crippen LogP contribution in [0.25, 0.3) is 0 Å². The molecule has 1 aromatic rings. The molecule has 0 spiro atoms. The fourth-order valence-corrected chi connectivity index (χ4v) is 6.10. The zero-order chi connectivity index (χ0) is 17.8. The van der Waals surface area contributed by atoms with Gasteiger partial charge in [0.1, 0.15) is 5.78 Å². The van der Waals surface area contributed by atoms with Gasteiger partial charge in [0.15, 0.2) is 11.5 Å². The van der Waals surface area contributed by atoms with Gasteiger partial charge < -0.3 is 9.84 Å². The molecule has 25 heavy (non-hydrogen) atoms. The second-order valence-electron chi connectivity index (χ2n) is 8.42. The second-order valence-corrected chi connectivity index (χ2v) is 8.42. The van der Waals surface area contributed by atoms with Crippen molar-refractivity contribution in [2.45, 2.75) is 51.4 Å². The molecule has 0 aromatic heterocycles. The highest BCUT2D eigenvalue weighted by atomic mass is 16.5. The van der Waals surface area contributed by atoms with Crippen LogP contribution in [0.15, 0.2) is 24.8 Å². The van der Waals surface area contributed by atoms with E-state index in [1.807, 2.05) is 18.2 Å². The Balaban J connectivity index is 1.70. The molecule has 3 aliphatic rings. The summed E-state index contributed by atoms with van der Waals surface area (Å²) in [6, 6.07) is 3.93. The van der Waals surface area contributed by atoms with Gasteiger partial charge in [0.25, 0.3) is 0 Å². The number of phenols is 1. The van der Waals surface area contributed by atoms with Gasteiger partial charge in [-0.1, -0.05) is 13.0 Å². The van der Waals surface area contributed by atoms with Crippen LogP contribution in [0.3, 0.4) is 0 Å². The predicted octanol–water partition coefficient (Wildman–Crippen LogP) is 4.63. The maximum absolute atomic E-state index is 13.0. The lowest BCUT2D eigenvalue weighted by atomic mass is 9.55. The highest BCUT2D eigenvalue weighted by Crippen LogP contribution is 2.61.